The number of hydrogen-bond acceptors (Lipinski definition) is 15. The lowest BCUT2D eigenvalue weighted by Crippen LogP contribution is -2.78. The van der Waals surface area contributed by atoms with E-state index in [9.17, 15) is 44.1 Å². The smallest absolute Gasteiger partial charge is 0.346 e. The molecule has 0 saturated carbocycles. The molecule has 0 spiro atoms. The van der Waals surface area contributed by atoms with Crippen LogP contribution in [0.25, 0.3) is 0 Å². The van der Waals surface area contributed by atoms with Crippen LogP contribution in [0.15, 0.2) is 54.6 Å². The van der Waals surface area contributed by atoms with Gasteiger partial charge in [-0.05, 0) is 75.3 Å². The molecule has 4 unspecified atom stereocenters. The summed E-state index contributed by atoms with van der Waals surface area (Å²) in [6.07, 6.45) is -4.26. The number of carboxylic acid groups (broad SMARTS) is 1. The Morgan fingerprint density at radius 1 is 1.00 bits per heavy atom. The molecule has 2 bridgehead atoms. The van der Waals surface area contributed by atoms with Crippen molar-refractivity contribution >= 4 is 35.8 Å². The summed E-state index contributed by atoms with van der Waals surface area (Å²) in [6, 6.07) is 9.37. The van der Waals surface area contributed by atoms with Crippen LogP contribution in [0, 0.1) is 23.7 Å². The number of carboxylic acids is 1. The van der Waals surface area contributed by atoms with Gasteiger partial charge in [-0.2, -0.15) is 0 Å². The van der Waals surface area contributed by atoms with E-state index in [0.29, 0.717) is 25.2 Å². The van der Waals surface area contributed by atoms with Gasteiger partial charge in [0.15, 0.2) is 12.7 Å². The molecule has 16 nitrogen and oxygen atoms in total. The molecule has 3 rings (SSSR count). The van der Waals surface area contributed by atoms with Crippen molar-refractivity contribution in [2.45, 2.75) is 155 Å². The molecule has 0 aliphatic carbocycles. The van der Waals surface area contributed by atoms with Crippen LogP contribution in [-0.4, -0.2) is 111 Å². The summed E-state index contributed by atoms with van der Waals surface area (Å²) in [5.41, 5.74) is -7.18. The molecule has 1 aromatic rings. The number of carbonyl (C=O) groups excluding carboxylic acids is 5. The van der Waals surface area contributed by atoms with Gasteiger partial charge < -0.3 is 48.5 Å². The first-order valence-electron chi connectivity index (χ1n) is 21.2. The molecule has 0 radical (unpaired) electrons. The minimum Gasteiger partial charge on any atom is -0.479 e. The van der Waals surface area contributed by atoms with Crippen molar-refractivity contribution in [3.63, 3.8) is 0 Å². The van der Waals surface area contributed by atoms with Crippen molar-refractivity contribution in [1.82, 2.24) is 0 Å². The number of aliphatic hydroxyl groups is 2. The number of carbonyl (C=O) groups is 6. The number of esters is 5. The predicted molar refractivity (Wildman–Crippen MR) is 223 cm³/mol. The highest BCUT2D eigenvalue weighted by Gasteiger charge is 2.86. The molecular weight excluding hydrogens is 808 g/mol. The molecule has 10 atom stereocenters. The van der Waals surface area contributed by atoms with Crippen LogP contribution in [0.1, 0.15) is 107 Å². The molecule has 2 fully saturated rings. The lowest BCUT2D eigenvalue weighted by Gasteiger charge is -2.49. The summed E-state index contributed by atoms with van der Waals surface area (Å²) in [4.78, 5) is 80.7. The van der Waals surface area contributed by atoms with E-state index in [2.05, 4.69) is 6.58 Å². The van der Waals surface area contributed by atoms with E-state index in [4.69, 9.17) is 33.2 Å². The standard InChI is InChI=1S/C46H66O16/c1-12-28(4)24-29(5)18-19-34(48)59-38-37(50)44(22-20-30(6)36(58-32(8)47)31(7)25-33-16-14-13-15-17-33)61-39(40(51)56-23-21-27(2)3)45(55,46(38,62-44)41(52)53)42(54)57-26-35(49)60-43(9,10)11/h13-19,27-29,31,36-39,50,55H,6,12,20-26H2,1-5,7-11H3,(H,52,53)/b19-18+/t28-,29+,31+,36+,37+,38+,39?,44?,45?,46?/m0/s1. The first kappa shape index (κ1) is 51.7. The number of rotatable bonds is 22. The van der Waals surface area contributed by atoms with Crippen molar-refractivity contribution in [3.8, 4) is 0 Å². The fourth-order valence-corrected chi connectivity index (χ4v) is 7.64. The summed E-state index contributed by atoms with van der Waals surface area (Å²) in [6.45, 7) is 19.9. The van der Waals surface area contributed by atoms with Gasteiger partial charge >= 0.3 is 35.8 Å². The fourth-order valence-electron chi connectivity index (χ4n) is 7.64. The summed E-state index contributed by atoms with van der Waals surface area (Å²) in [5.74, 6) is -11.3. The van der Waals surface area contributed by atoms with Crippen LogP contribution < -0.4 is 0 Å². The maximum atomic E-state index is 14.2. The van der Waals surface area contributed by atoms with Crippen molar-refractivity contribution < 1.29 is 77.2 Å². The summed E-state index contributed by atoms with van der Waals surface area (Å²) in [7, 11) is 0. The van der Waals surface area contributed by atoms with Crippen LogP contribution in [0.3, 0.4) is 0 Å². The second-order valence-corrected chi connectivity index (χ2v) is 18.0. The van der Waals surface area contributed by atoms with E-state index in [0.717, 1.165) is 18.1 Å². The van der Waals surface area contributed by atoms with Gasteiger partial charge in [0.2, 0.25) is 23.1 Å². The third-order valence-corrected chi connectivity index (χ3v) is 10.9. The Bertz CT molecular complexity index is 1780. The van der Waals surface area contributed by atoms with Crippen LogP contribution in [0.2, 0.25) is 0 Å². The molecule has 1 aromatic carbocycles. The number of hydrogen-bond donors (Lipinski definition) is 3. The van der Waals surface area contributed by atoms with Gasteiger partial charge in [0.1, 0.15) is 17.8 Å². The third-order valence-electron chi connectivity index (χ3n) is 10.9. The minimum atomic E-state index is -3.79. The molecule has 2 heterocycles. The van der Waals surface area contributed by atoms with E-state index in [-0.39, 0.29) is 36.4 Å². The van der Waals surface area contributed by atoms with Gasteiger partial charge in [0.05, 0.1) is 6.61 Å². The quantitative estimate of drug-likeness (QED) is 0.0590. The minimum absolute atomic E-state index is 0.0102. The first-order valence-corrected chi connectivity index (χ1v) is 21.2. The van der Waals surface area contributed by atoms with Crippen molar-refractivity contribution in [2.24, 2.45) is 23.7 Å². The predicted octanol–water partition coefficient (Wildman–Crippen LogP) is 5.19. The highest BCUT2D eigenvalue weighted by molar-refractivity contribution is 5.99. The number of ether oxygens (including phenoxy) is 7. The highest BCUT2D eigenvalue weighted by Crippen LogP contribution is 2.56. The summed E-state index contributed by atoms with van der Waals surface area (Å²) < 4.78 is 39.3. The Morgan fingerprint density at radius 3 is 2.21 bits per heavy atom. The zero-order valence-corrected chi connectivity index (χ0v) is 37.7. The molecular formula is C46H66O16. The second kappa shape index (κ2) is 21.6. The van der Waals surface area contributed by atoms with Crippen molar-refractivity contribution in [3.05, 3.63) is 60.2 Å². The van der Waals surface area contributed by atoms with Gasteiger partial charge in [0, 0.05) is 25.3 Å². The lowest BCUT2D eigenvalue weighted by molar-refractivity contribution is -0.375. The van der Waals surface area contributed by atoms with E-state index in [1.807, 2.05) is 71.9 Å². The summed E-state index contributed by atoms with van der Waals surface area (Å²) >= 11 is 0. The second-order valence-electron chi connectivity index (χ2n) is 18.0. The SMILES string of the molecule is C=C(CCC12OC(C(=O)OCCC(C)C)C(O)(C(=O)OCC(=O)OC(C)(C)C)C(C(=O)O)(O1)[C@H](OC(=O)/C=C/[C@@H](C)C[C@@H](C)CC)[C@H]2O)[C@@H](OC(C)=O)[C@H](C)Cc1ccccc1. The molecule has 3 N–H and O–H groups in total. The molecule has 2 aliphatic heterocycles. The molecule has 62 heavy (non-hydrogen) atoms. The van der Waals surface area contributed by atoms with Crippen LogP contribution >= 0.6 is 0 Å². The van der Waals surface area contributed by atoms with Gasteiger partial charge in [-0.25, -0.2) is 24.0 Å². The Labute approximate surface area is 364 Å². The van der Waals surface area contributed by atoms with Crippen molar-refractivity contribution in [2.75, 3.05) is 13.2 Å². The lowest BCUT2D eigenvalue weighted by atomic mass is 9.74. The molecule has 346 valence electrons. The van der Waals surface area contributed by atoms with Gasteiger partial charge in [-0.3, -0.25) is 4.79 Å². The number of benzene rings is 1. The molecule has 0 amide bonds. The molecule has 0 aromatic heterocycles. The monoisotopic (exact) mass is 874 g/mol. The van der Waals surface area contributed by atoms with Crippen molar-refractivity contribution in [1.29, 1.82) is 0 Å². The fraction of sp³-hybridized carbons (Fsp3) is 0.652. The van der Waals surface area contributed by atoms with Gasteiger partial charge in [-0.1, -0.05) is 91.0 Å². The van der Waals surface area contributed by atoms with Crippen LogP contribution in [0.4, 0.5) is 0 Å². The highest BCUT2D eigenvalue weighted by atomic mass is 16.8. The third kappa shape index (κ3) is 12.5. The average Bonchev–Trinajstić information content (AvgIpc) is 3.40. The van der Waals surface area contributed by atoms with E-state index >= 15 is 0 Å². The molecule has 2 saturated heterocycles. The molecule has 2 aliphatic rings. The van der Waals surface area contributed by atoms with Crippen LogP contribution in [-0.2, 0) is 68.3 Å². The number of fused-ring (bicyclic) bond motifs is 2. The summed E-state index contributed by atoms with van der Waals surface area (Å²) in [5, 5.41) is 35.9. The Hall–Kier alpha value is -4.64. The largest absolute Gasteiger partial charge is 0.479 e. The van der Waals surface area contributed by atoms with E-state index < -0.39 is 95.8 Å². The normalized spacial score (nSPS) is 26.5. The zero-order valence-electron chi connectivity index (χ0n) is 37.7. The molecule has 16 heteroatoms. The number of aliphatic carboxylic acids is 1. The van der Waals surface area contributed by atoms with Gasteiger partial charge in [0.25, 0.3) is 0 Å². The van der Waals surface area contributed by atoms with Gasteiger partial charge in [-0.15, -0.1) is 0 Å². The Balaban J connectivity index is 2.19. The Morgan fingerprint density at radius 2 is 1.65 bits per heavy atom. The number of aliphatic hydroxyl groups excluding tert-OH is 1. The average molecular weight is 875 g/mol. The Kier molecular flexibility index (Phi) is 18.0. The maximum Gasteiger partial charge on any atom is 0.346 e. The van der Waals surface area contributed by atoms with E-state index in [1.165, 1.54) is 33.8 Å². The van der Waals surface area contributed by atoms with E-state index in [1.54, 1.807) is 0 Å². The van der Waals surface area contributed by atoms with Crippen LogP contribution in [0.5, 0.6) is 0 Å². The maximum absolute atomic E-state index is 14.2. The zero-order chi connectivity index (χ0) is 46.8. The topological polar surface area (TPSA) is 228 Å². The first-order chi connectivity index (χ1) is 28.8. The number of allylic oxidation sites excluding steroid dienone is 1.